The van der Waals surface area contributed by atoms with Crippen molar-refractivity contribution < 1.29 is 13.2 Å². The lowest BCUT2D eigenvalue weighted by atomic mass is 10.3. The van der Waals surface area contributed by atoms with Crippen molar-refractivity contribution in [2.24, 2.45) is 0 Å². The van der Waals surface area contributed by atoms with Crippen LogP contribution in [0.1, 0.15) is 25.2 Å². The molecule has 0 aliphatic carbocycles. The van der Waals surface area contributed by atoms with Gasteiger partial charge in [0.25, 0.3) is 0 Å². The molecular weight excluding hydrogens is 368 g/mol. The Bertz CT molecular complexity index is 977. The fourth-order valence-corrected chi connectivity index (χ4v) is 4.19. The van der Waals surface area contributed by atoms with Crippen LogP contribution in [0.15, 0.2) is 40.0 Å². The maximum Gasteiger partial charge on any atom is 0.348 e. The molecule has 0 fully saturated rings. The molecule has 1 heterocycles. The monoisotopic (exact) mass is 392 g/mol. The van der Waals surface area contributed by atoms with Crippen molar-refractivity contribution in [2.45, 2.75) is 39.1 Å². The fourth-order valence-electron chi connectivity index (χ4n) is 2.73. The molecule has 2 rings (SSSR count). The van der Waals surface area contributed by atoms with Gasteiger partial charge >= 0.3 is 5.69 Å². The molecule has 1 N–H and O–H groups in total. The number of aromatic nitrogens is 2. The first-order valence-corrected chi connectivity index (χ1v) is 10.1. The van der Waals surface area contributed by atoms with E-state index in [2.05, 4.69) is 10.3 Å². The minimum atomic E-state index is -3.54. The molecule has 0 unspecified atom stereocenters. The summed E-state index contributed by atoms with van der Waals surface area (Å²) < 4.78 is 27.6. The largest absolute Gasteiger partial charge is 0.348 e. The number of carbonyl (C=O) groups is 1. The standard InChI is InChI=1S/C18H24N4O4S/c1-5-21(6-2)27(25,26)16-9-7-15(8-10-16)20-17(23)12-22-14(4)11-13(3)19-18(22)24/h7-11H,5-6,12H2,1-4H3,(H,20,23). The normalized spacial score (nSPS) is 11.6. The molecule has 2 aromatic rings. The molecule has 1 amide bonds. The fraction of sp³-hybridized carbons (Fsp3) is 0.389. The van der Waals surface area contributed by atoms with Crippen LogP contribution >= 0.6 is 0 Å². The van der Waals surface area contributed by atoms with Crippen LogP contribution in [0.3, 0.4) is 0 Å². The van der Waals surface area contributed by atoms with Crippen LogP contribution in [0.2, 0.25) is 0 Å². The van der Waals surface area contributed by atoms with Crippen molar-refractivity contribution in [1.29, 1.82) is 0 Å². The Hall–Kier alpha value is -2.52. The average Bonchev–Trinajstić information content (AvgIpc) is 2.59. The first-order valence-electron chi connectivity index (χ1n) is 8.64. The lowest BCUT2D eigenvalue weighted by Crippen LogP contribution is -2.31. The van der Waals surface area contributed by atoms with Gasteiger partial charge in [0, 0.05) is 30.2 Å². The van der Waals surface area contributed by atoms with Gasteiger partial charge in [0.15, 0.2) is 0 Å². The van der Waals surface area contributed by atoms with Crippen molar-refractivity contribution in [3.8, 4) is 0 Å². The second-order valence-corrected chi connectivity index (χ2v) is 8.01. The molecule has 9 heteroatoms. The van der Waals surface area contributed by atoms with E-state index in [1.165, 1.54) is 33.1 Å². The van der Waals surface area contributed by atoms with E-state index in [1.807, 2.05) is 0 Å². The summed E-state index contributed by atoms with van der Waals surface area (Å²) in [6, 6.07) is 7.68. The Labute approximate surface area is 158 Å². The van der Waals surface area contributed by atoms with Crippen molar-refractivity contribution in [3.05, 3.63) is 52.2 Å². The van der Waals surface area contributed by atoms with Crippen molar-refractivity contribution in [3.63, 3.8) is 0 Å². The highest BCUT2D eigenvalue weighted by Crippen LogP contribution is 2.18. The molecule has 146 valence electrons. The van der Waals surface area contributed by atoms with Crippen LogP contribution in [0.5, 0.6) is 0 Å². The topological polar surface area (TPSA) is 101 Å². The summed E-state index contributed by atoms with van der Waals surface area (Å²) in [4.78, 5) is 28.1. The van der Waals surface area contributed by atoms with Gasteiger partial charge in [0.2, 0.25) is 15.9 Å². The van der Waals surface area contributed by atoms with Crippen LogP contribution in [0.25, 0.3) is 0 Å². The number of hydrogen-bond acceptors (Lipinski definition) is 5. The van der Waals surface area contributed by atoms with Gasteiger partial charge in [-0.3, -0.25) is 9.36 Å². The van der Waals surface area contributed by atoms with Gasteiger partial charge in [-0.1, -0.05) is 13.8 Å². The van der Waals surface area contributed by atoms with E-state index in [9.17, 15) is 18.0 Å². The summed E-state index contributed by atoms with van der Waals surface area (Å²) in [6.07, 6.45) is 0. The molecule has 0 saturated carbocycles. The Morgan fingerprint density at radius 1 is 1.15 bits per heavy atom. The molecular formula is C18H24N4O4S. The summed E-state index contributed by atoms with van der Waals surface area (Å²) in [5, 5.41) is 2.66. The Balaban J connectivity index is 2.13. The number of hydrogen-bond donors (Lipinski definition) is 1. The lowest BCUT2D eigenvalue weighted by Gasteiger charge is -2.18. The minimum absolute atomic E-state index is 0.166. The summed E-state index contributed by atoms with van der Waals surface area (Å²) >= 11 is 0. The predicted octanol–water partition coefficient (Wildman–Crippen LogP) is 1.53. The zero-order valence-electron chi connectivity index (χ0n) is 15.9. The maximum absolute atomic E-state index is 12.5. The first-order chi connectivity index (χ1) is 12.7. The number of aryl methyl sites for hydroxylation is 2. The second kappa shape index (κ2) is 8.45. The Morgan fingerprint density at radius 2 is 1.74 bits per heavy atom. The minimum Gasteiger partial charge on any atom is -0.325 e. The zero-order chi connectivity index (χ0) is 20.2. The number of rotatable bonds is 7. The number of anilines is 1. The third-order valence-corrected chi connectivity index (χ3v) is 6.19. The molecule has 8 nitrogen and oxygen atoms in total. The van der Waals surface area contributed by atoms with Gasteiger partial charge in [-0.2, -0.15) is 9.29 Å². The molecule has 0 atom stereocenters. The molecule has 0 saturated heterocycles. The second-order valence-electron chi connectivity index (χ2n) is 6.07. The van der Waals surface area contributed by atoms with Crippen LogP contribution in [0.4, 0.5) is 5.69 Å². The molecule has 0 radical (unpaired) electrons. The zero-order valence-corrected chi connectivity index (χ0v) is 16.7. The smallest absolute Gasteiger partial charge is 0.325 e. The summed E-state index contributed by atoms with van der Waals surface area (Å²) in [7, 11) is -3.54. The number of amides is 1. The predicted molar refractivity (Wildman–Crippen MR) is 103 cm³/mol. The summed E-state index contributed by atoms with van der Waals surface area (Å²) in [6.45, 7) is 7.60. The number of nitrogens with zero attached hydrogens (tertiary/aromatic N) is 3. The highest BCUT2D eigenvalue weighted by atomic mass is 32.2. The van der Waals surface area contributed by atoms with E-state index in [4.69, 9.17) is 0 Å². The van der Waals surface area contributed by atoms with Crippen molar-refractivity contribution >= 4 is 21.6 Å². The third-order valence-electron chi connectivity index (χ3n) is 4.13. The van der Waals surface area contributed by atoms with E-state index in [0.717, 1.165) is 0 Å². The Kier molecular flexibility index (Phi) is 6.50. The number of benzene rings is 1. The molecule has 0 aliphatic rings. The number of sulfonamides is 1. The molecule has 0 aliphatic heterocycles. The summed E-state index contributed by atoms with van der Waals surface area (Å²) in [5.41, 5.74) is 1.20. The van der Waals surface area contributed by atoms with Gasteiger partial charge in [-0.05, 0) is 44.2 Å². The number of carbonyl (C=O) groups excluding carboxylic acids is 1. The highest BCUT2D eigenvalue weighted by molar-refractivity contribution is 7.89. The number of nitrogens with one attached hydrogen (secondary N) is 1. The van der Waals surface area contributed by atoms with Gasteiger partial charge in [-0.25, -0.2) is 13.2 Å². The SMILES string of the molecule is CCN(CC)S(=O)(=O)c1ccc(NC(=O)Cn2c(C)cc(C)nc2=O)cc1. The van der Waals surface area contributed by atoms with Crippen LogP contribution < -0.4 is 11.0 Å². The first kappa shape index (κ1) is 20.8. The maximum atomic E-state index is 12.5. The third kappa shape index (κ3) is 4.81. The molecule has 0 bridgehead atoms. The molecule has 1 aromatic heterocycles. The van der Waals surface area contributed by atoms with Gasteiger partial charge in [0.1, 0.15) is 6.54 Å². The summed E-state index contributed by atoms with van der Waals surface area (Å²) in [5.74, 6) is -0.398. The van der Waals surface area contributed by atoms with Gasteiger partial charge < -0.3 is 5.32 Å². The molecule has 0 spiro atoms. The molecule has 27 heavy (non-hydrogen) atoms. The van der Waals surface area contributed by atoms with E-state index < -0.39 is 21.6 Å². The van der Waals surface area contributed by atoms with E-state index >= 15 is 0 Å². The van der Waals surface area contributed by atoms with E-state index in [1.54, 1.807) is 33.8 Å². The van der Waals surface area contributed by atoms with Gasteiger partial charge in [0.05, 0.1) is 4.90 Å². The average molecular weight is 392 g/mol. The van der Waals surface area contributed by atoms with E-state index in [-0.39, 0.29) is 11.4 Å². The quantitative estimate of drug-likeness (QED) is 0.770. The Morgan fingerprint density at radius 3 is 2.26 bits per heavy atom. The molecule has 1 aromatic carbocycles. The highest BCUT2D eigenvalue weighted by Gasteiger charge is 2.21. The van der Waals surface area contributed by atoms with Crippen LogP contribution in [-0.2, 0) is 21.4 Å². The van der Waals surface area contributed by atoms with E-state index in [0.29, 0.717) is 30.2 Å². The van der Waals surface area contributed by atoms with Crippen LogP contribution in [0, 0.1) is 13.8 Å². The van der Waals surface area contributed by atoms with Crippen LogP contribution in [-0.4, -0.2) is 41.3 Å². The van der Waals surface area contributed by atoms with Crippen molar-refractivity contribution in [1.82, 2.24) is 13.9 Å². The van der Waals surface area contributed by atoms with Gasteiger partial charge in [-0.15, -0.1) is 0 Å². The van der Waals surface area contributed by atoms with Crippen molar-refractivity contribution in [2.75, 3.05) is 18.4 Å². The lowest BCUT2D eigenvalue weighted by molar-refractivity contribution is -0.116.